The Morgan fingerprint density at radius 3 is 2.59 bits per heavy atom. The van der Waals surface area contributed by atoms with E-state index in [-0.39, 0.29) is 0 Å². The maximum absolute atomic E-state index is 5.10. The number of aromatic amines is 1. The van der Waals surface area contributed by atoms with Crippen LogP contribution >= 0.6 is 22.7 Å². The molecule has 1 aliphatic carbocycles. The second-order valence-electron chi connectivity index (χ2n) is 10.7. The van der Waals surface area contributed by atoms with Crippen molar-refractivity contribution >= 4 is 43.5 Å². The molecule has 3 aliphatic rings. The van der Waals surface area contributed by atoms with Crippen LogP contribution in [0, 0.1) is 17.8 Å². The highest BCUT2D eigenvalue weighted by atomic mass is 32.1. The standard InChI is InChI=1S/C28H30N4S2/c1-15-3-4-17(7-15)20-9-18-5-6-19(10-21(18)31-20)24-11-26-27(33-24)12-25(34-26)23-14-30-28(32-23)22-8-16(2)13-29-22/h5-6,10-12,14-17,22,29H,3-4,7-9,13H2,1-2H3,(H,30,32)/t15-,16+,17+,22+/m1/s1. The number of hydrogen-bond acceptors (Lipinski definition) is 5. The molecule has 2 aliphatic heterocycles. The highest BCUT2D eigenvalue weighted by molar-refractivity contribution is 7.31. The number of nitrogens with zero attached hydrogens (tertiary/aromatic N) is 2. The maximum Gasteiger partial charge on any atom is 0.123 e. The van der Waals surface area contributed by atoms with Gasteiger partial charge >= 0.3 is 0 Å². The second-order valence-corrected chi connectivity index (χ2v) is 12.8. The van der Waals surface area contributed by atoms with Crippen LogP contribution in [0.1, 0.15) is 57.0 Å². The summed E-state index contributed by atoms with van der Waals surface area (Å²) in [5.74, 6) is 3.34. The molecule has 4 nitrogen and oxygen atoms in total. The summed E-state index contributed by atoms with van der Waals surface area (Å²) in [5.41, 5.74) is 6.45. The summed E-state index contributed by atoms with van der Waals surface area (Å²) >= 11 is 3.74. The molecule has 4 aromatic rings. The molecule has 5 heterocycles. The van der Waals surface area contributed by atoms with Crippen LogP contribution in [0.15, 0.2) is 41.5 Å². The van der Waals surface area contributed by atoms with Gasteiger partial charge in [-0.2, -0.15) is 0 Å². The van der Waals surface area contributed by atoms with Gasteiger partial charge in [-0.1, -0.05) is 32.4 Å². The zero-order valence-electron chi connectivity index (χ0n) is 19.7. The van der Waals surface area contributed by atoms with Crippen molar-refractivity contribution in [2.24, 2.45) is 22.7 Å². The minimum absolute atomic E-state index is 0.358. The quantitative estimate of drug-likeness (QED) is 0.310. The van der Waals surface area contributed by atoms with Crippen LogP contribution in [0.2, 0.25) is 0 Å². The van der Waals surface area contributed by atoms with Crippen LogP contribution in [0.5, 0.6) is 0 Å². The van der Waals surface area contributed by atoms with E-state index < -0.39 is 0 Å². The number of thiophene rings is 2. The van der Waals surface area contributed by atoms with Crippen molar-refractivity contribution in [2.45, 2.75) is 52.0 Å². The van der Waals surface area contributed by atoms with E-state index in [1.54, 1.807) is 0 Å². The molecule has 7 rings (SSSR count). The first kappa shape index (κ1) is 21.0. The fourth-order valence-corrected chi connectivity index (χ4v) is 8.33. The number of aliphatic imine (C=N–C) groups is 1. The Hall–Kier alpha value is -2.28. The van der Waals surface area contributed by atoms with Gasteiger partial charge in [0.2, 0.25) is 0 Å². The third-order valence-corrected chi connectivity index (χ3v) is 10.3. The minimum Gasteiger partial charge on any atom is -0.340 e. The Labute approximate surface area is 208 Å². The number of rotatable bonds is 4. The first-order valence-electron chi connectivity index (χ1n) is 12.6. The molecule has 4 atom stereocenters. The molecule has 2 N–H and O–H groups in total. The van der Waals surface area contributed by atoms with Gasteiger partial charge in [-0.25, -0.2) is 4.98 Å². The van der Waals surface area contributed by atoms with E-state index in [1.165, 1.54) is 60.9 Å². The number of fused-ring (bicyclic) bond motifs is 2. The van der Waals surface area contributed by atoms with Crippen molar-refractivity contribution in [3.63, 3.8) is 0 Å². The normalized spacial score (nSPS) is 26.5. The number of hydrogen-bond donors (Lipinski definition) is 2. The van der Waals surface area contributed by atoms with Gasteiger partial charge in [-0.05, 0) is 72.9 Å². The molecule has 174 valence electrons. The zero-order chi connectivity index (χ0) is 22.8. The monoisotopic (exact) mass is 486 g/mol. The summed E-state index contributed by atoms with van der Waals surface area (Å²) in [7, 11) is 0. The maximum atomic E-state index is 5.10. The molecule has 0 amide bonds. The summed E-state index contributed by atoms with van der Waals surface area (Å²) in [6, 6.07) is 11.9. The van der Waals surface area contributed by atoms with Gasteiger partial charge in [0, 0.05) is 26.4 Å². The summed E-state index contributed by atoms with van der Waals surface area (Å²) in [6.45, 7) is 5.75. The van der Waals surface area contributed by atoms with Crippen LogP contribution in [-0.2, 0) is 6.42 Å². The molecule has 2 fully saturated rings. The van der Waals surface area contributed by atoms with E-state index in [0.717, 1.165) is 36.8 Å². The number of H-pyrrole nitrogens is 1. The zero-order valence-corrected chi connectivity index (χ0v) is 21.4. The molecule has 0 bridgehead atoms. The first-order valence-corrected chi connectivity index (χ1v) is 14.2. The van der Waals surface area contributed by atoms with Crippen LogP contribution in [0.25, 0.3) is 30.4 Å². The third-order valence-electron chi connectivity index (χ3n) is 7.92. The second kappa shape index (κ2) is 8.14. The van der Waals surface area contributed by atoms with Gasteiger partial charge in [0.1, 0.15) is 5.82 Å². The lowest BCUT2D eigenvalue weighted by Crippen LogP contribution is -2.14. The van der Waals surface area contributed by atoms with Gasteiger partial charge in [0.15, 0.2) is 0 Å². The van der Waals surface area contributed by atoms with Crippen molar-refractivity contribution in [3.05, 3.63) is 47.9 Å². The predicted molar refractivity (Wildman–Crippen MR) is 145 cm³/mol. The van der Waals surface area contributed by atoms with Crippen LogP contribution in [-0.4, -0.2) is 22.2 Å². The molecule has 3 aromatic heterocycles. The third kappa shape index (κ3) is 3.67. The highest BCUT2D eigenvalue weighted by Crippen LogP contribution is 2.44. The van der Waals surface area contributed by atoms with Crippen molar-refractivity contribution in [1.29, 1.82) is 0 Å². The number of nitrogens with one attached hydrogen (secondary N) is 2. The number of imidazole rings is 1. The van der Waals surface area contributed by atoms with Crippen molar-refractivity contribution in [2.75, 3.05) is 6.54 Å². The van der Waals surface area contributed by atoms with E-state index in [0.29, 0.717) is 17.9 Å². The molecule has 0 spiro atoms. The van der Waals surface area contributed by atoms with E-state index in [2.05, 4.69) is 59.5 Å². The molecule has 1 saturated heterocycles. The van der Waals surface area contributed by atoms with Crippen molar-refractivity contribution in [1.82, 2.24) is 15.3 Å². The van der Waals surface area contributed by atoms with Gasteiger partial charge in [0.25, 0.3) is 0 Å². The average Bonchev–Trinajstić information content (AvgIpc) is 3.63. The Kier molecular flexibility index (Phi) is 5.04. The minimum atomic E-state index is 0.358. The largest absolute Gasteiger partial charge is 0.340 e. The average molecular weight is 487 g/mol. The molecule has 1 aromatic carbocycles. The SMILES string of the molecule is C[C@@H]1CC[C@H](C2=Nc3cc(-c4cc5sc(-c6cnc([C@@H]7C[C@H](C)CN7)[nH]6)cc5s4)ccc3C2)C1. The van der Waals surface area contributed by atoms with E-state index in [9.17, 15) is 0 Å². The van der Waals surface area contributed by atoms with E-state index in [1.807, 2.05) is 28.9 Å². The van der Waals surface area contributed by atoms with Crippen molar-refractivity contribution < 1.29 is 0 Å². The summed E-state index contributed by atoms with van der Waals surface area (Å²) in [5, 5.41) is 3.58. The molecule has 6 heteroatoms. The van der Waals surface area contributed by atoms with Crippen LogP contribution in [0.3, 0.4) is 0 Å². The molecule has 1 saturated carbocycles. The Morgan fingerprint density at radius 1 is 0.941 bits per heavy atom. The lowest BCUT2D eigenvalue weighted by atomic mass is 9.96. The molecule has 0 radical (unpaired) electrons. The highest BCUT2D eigenvalue weighted by Gasteiger charge is 2.29. The Bertz CT molecular complexity index is 1380. The van der Waals surface area contributed by atoms with E-state index in [4.69, 9.17) is 4.99 Å². The van der Waals surface area contributed by atoms with Gasteiger partial charge < -0.3 is 10.3 Å². The summed E-state index contributed by atoms with van der Waals surface area (Å²) in [6.07, 6.45) is 8.20. The number of benzene rings is 1. The molecule has 34 heavy (non-hydrogen) atoms. The number of aromatic nitrogens is 2. The molecule has 0 unspecified atom stereocenters. The van der Waals surface area contributed by atoms with Crippen molar-refractivity contribution in [3.8, 4) is 21.0 Å². The fraction of sp³-hybridized carbons (Fsp3) is 0.429. The first-order chi connectivity index (χ1) is 16.6. The fourth-order valence-electron chi connectivity index (χ4n) is 5.98. The van der Waals surface area contributed by atoms with Gasteiger partial charge in [-0.3, -0.25) is 4.99 Å². The Morgan fingerprint density at radius 2 is 1.79 bits per heavy atom. The van der Waals surface area contributed by atoms with Crippen LogP contribution in [0.4, 0.5) is 5.69 Å². The topological polar surface area (TPSA) is 53.1 Å². The smallest absolute Gasteiger partial charge is 0.123 e. The summed E-state index contributed by atoms with van der Waals surface area (Å²) < 4.78 is 2.70. The van der Waals surface area contributed by atoms with Gasteiger partial charge in [-0.15, -0.1) is 22.7 Å². The summed E-state index contributed by atoms with van der Waals surface area (Å²) in [4.78, 5) is 16.0. The van der Waals surface area contributed by atoms with Gasteiger partial charge in [0.05, 0.1) is 28.5 Å². The Balaban J connectivity index is 1.13. The lowest BCUT2D eigenvalue weighted by Gasteiger charge is -2.08. The van der Waals surface area contributed by atoms with E-state index >= 15 is 0 Å². The predicted octanol–water partition coefficient (Wildman–Crippen LogP) is 7.76. The van der Waals surface area contributed by atoms with Crippen LogP contribution < -0.4 is 5.32 Å². The molecular formula is C28H30N4S2. The lowest BCUT2D eigenvalue weighted by molar-refractivity contribution is 0.588. The molecular weight excluding hydrogens is 456 g/mol.